The number of rotatable bonds is 4. The van der Waals surface area contributed by atoms with E-state index in [2.05, 4.69) is 9.73 Å². The van der Waals surface area contributed by atoms with E-state index in [1.165, 1.54) is 12.1 Å². The Kier molecular flexibility index (Phi) is 4.52. The first kappa shape index (κ1) is 14.7. The van der Waals surface area contributed by atoms with Crippen LogP contribution in [-0.2, 0) is 6.42 Å². The number of hydrogen-bond donors (Lipinski definition) is 0. The van der Waals surface area contributed by atoms with Gasteiger partial charge in [0.2, 0.25) is 0 Å². The van der Waals surface area contributed by atoms with Crippen molar-refractivity contribution in [1.82, 2.24) is 0 Å². The third-order valence-electron chi connectivity index (χ3n) is 3.02. The van der Waals surface area contributed by atoms with E-state index in [4.69, 9.17) is 7.85 Å². The summed E-state index contributed by atoms with van der Waals surface area (Å²) in [5.41, 5.74) is 1.49. The molecule has 104 valence electrons. The van der Waals surface area contributed by atoms with Gasteiger partial charge >= 0.3 is 6.36 Å². The maximum Gasteiger partial charge on any atom is 0.573 e. The van der Waals surface area contributed by atoms with Crippen LogP contribution in [0.1, 0.15) is 18.4 Å². The number of benzene rings is 1. The molecule has 2 nitrogen and oxygen atoms in total. The maximum atomic E-state index is 12.0. The van der Waals surface area contributed by atoms with Crippen LogP contribution < -0.4 is 4.74 Å². The minimum Gasteiger partial charge on any atom is -0.406 e. The second-order valence-electron chi connectivity index (χ2n) is 4.63. The molecule has 0 aromatic heterocycles. The van der Waals surface area contributed by atoms with Crippen LogP contribution in [0, 0.1) is 5.92 Å². The second-order valence-corrected chi connectivity index (χ2v) is 4.63. The predicted molar refractivity (Wildman–Crippen MR) is 71.9 cm³/mol. The fourth-order valence-corrected chi connectivity index (χ4v) is 2.06. The Morgan fingerprint density at radius 2 is 1.95 bits per heavy atom. The van der Waals surface area contributed by atoms with Crippen molar-refractivity contribution in [2.45, 2.75) is 25.6 Å². The van der Waals surface area contributed by atoms with Crippen LogP contribution in [0.25, 0.3) is 0 Å². The minimum absolute atomic E-state index is 0.199. The zero-order chi connectivity index (χ0) is 14.6. The molecule has 1 heterocycles. The lowest BCUT2D eigenvalue weighted by Gasteiger charge is -2.15. The average Bonchev–Trinajstić information content (AvgIpc) is 2.36. The van der Waals surface area contributed by atoms with Crippen LogP contribution in [0.3, 0.4) is 0 Å². The summed E-state index contributed by atoms with van der Waals surface area (Å²) in [6.45, 7) is 0. The Morgan fingerprint density at radius 3 is 2.55 bits per heavy atom. The monoisotopic (exact) mass is 279 g/mol. The number of ether oxygens (including phenoxy) is 1. The molecule has 20 heavy (non-hydrogen) atoms. The van der Waals surface area contributed by atoms with Crippen molar-refractivity contribution in [3.8, 4) is 5.75 Å². The van der Waals surface area contributed by atoms with Crippen molar-refractivity contribution < 1.29 is 17.9 Å². The topological polar surface area (TPSA) is 21.6 Å². The molecule has 1 aliphatic heterocycles. The molecule has 0 fully saturated rings. The lowest BCUT2D eigenvalue weighted by molar-refractivity contribution is -0.274. The molecule has 2 radical (unpaired) electrons. The summed E-state index contributed by atoms with van der Waals surface area (Å²) in [4.78, 5) is 3.97. The van der Waals surface area contributed by atoms with E-state index in [0.717, 1.165) is 24.8 Å². The minimum atomic E-state index is -4.65. The van der Waals surface area contributed by atoms with E-state index in [0.29, 0.717) is 11.5 Å². The highest BCUT2D eigenvalue weighted by atomic mass is 19.4. The summed E-state index contributed by atoms with van der Waals surface area (Å²) in [7, 11) is 5.61. The summed E-state index contributed by atoms with van der Waals surface area (Å²) in [6, 6.07) is 5.95. The van der Waals surface area contributed by atoms with E-state index in [-0.39, 0.29) is 5.75 Å². The smallest absolute Gasteiger partial charge is 0.406 e. The molecule has 0 N–H and O–H groups in total. The molecule has 1 unspecified atom stereocenters. The van der Waals surface area contributed by atoms with Gasteiger partial charge in [0.1, 0.15) is 13.6 Å². The first-order chi connectivity index (χ1) is 9.42. The molecular weight excluding hydrogens is 266 g/mol. The second kappa shape index (κ2) is 6.16. The van der Waals surface area contributed by atoms with E-state index < -0.39 is 6.36 Å². The van der Waals surface area contributed by atoms with Crippen LogP contribution in [0.15, 0.2) is 40.9 Å². The van der Waals surface area contributed by atoms with Crippen molar-refractivity contribution in [2.24, 2.45) is 10.9 Å². The Balaban J connectivity index is 1.86. The fourth-order valence-electron chi connectivity index (χ4n) is 2.06. The highest BCUT2D eigenvalue weighted by molar-refractivity contribution is 6.22. The lowest BCUT2D eigenvalue weighted by atomic mass is 9.90. The third-order valence-corrected chi connectivity index (χ3v) is 3.02. The normalized spacial score (nSPS) is 18.8. The number of alkyl halides is 3. The van der Waals surface area contributed by atoms with Crippen molar-refractivity contribution >= 4 is 14.1 Å². The molecule has 6 heteroatoms. The van der Waals surface area contributed by atoms with Crippen LogP contribution in [0.5, 0.6) is 5.75 Å². The molecule has 1 aliphatic rings. The van der Waals surface area contributed by atoms with Crippen LogP contribution in [-0.4, -0.2) is 20.4 Å². The molecule has 1 aromatic rings. The largest absolute Gasteiger partial charge is 0.573 e. The average molecular weight is 279 g/mol. The molecule has 0 bridgehead atoms. The van der Waals surface area contributed by atoms with Gasteiger partial charge in [-0.05, 0) is 48.5 Å². The zero-order valence-electron chi connectivity index (χ0n) is 10.7. The Labute approximate surface area is 116 Å². The summed E-state index contributed by atoms with van der Waals surface area (Å²) < 4.78 is 39.9. The number of aryl methyl sites for hydroxylation is 1. The van der Waals surface area contributed by atoms with E-state index in [9.17, 15) is 13.2 Å². The van der Waals surface area contributed by atoms with Crippen LogP contribution >= 0.6 is 0 Å². The van der Waals surface area contributed by atoms with Gasteiger partial charge in [0, 0.05) is 6.21 Å². The Morgan fingerprint density at radius 1 is 1.25 bits per heavy atom. The zero-order valence-corrected chi connectivity index (χ0v) is 10.7. The number of allylic oxidation sites excluding steroid dienone is 1. The van der Waals surface area contributed by atoms with E-state index >= 15 is 0 Å². The SMILES string of the molecule is [B]C1=CC(CCc2ccc(OC(F)(F)F)cc2)CC=N1. The van der Waals surface area contributed by atoms with Gasteiger partial charge < -0.3 is 4.74 Å². The van der Waals surface area contributed by atoms with E-state index in [1.807, 2.05) is 6.08 Å². The Bertz CT molecular complexity index is 508. The van der Waals surface area contributed by atoms with Crippen LogP contribution in [0.2, 0.25) is 0 Å². The molecule has 0 amide bonds. The third kappa shape index (κ3) is 4.76. The number of halogens is 3. The summed E-state index contributed by atoms with van der Waals surface area (Å²) in [6.07, 6.45) is 1.56. The predicted octanol–water partition coefficient (Wildman–Crippen LogP) is 3.62. The molecule has 2 rings (SSSR count). The number of hydrogen-bond acceptors (Lipinski definition) is 2. The van der Waals surface area contributed by atoms with Gasteiger partial charge in [-0.2, -0.15) is 0 Å². The van der Waals surface area contributed by atoms with Crippen molar-refractivity contribution in [2.75, 3.05) is 0 Å². The molecule has 1 atom stereocenters. The quantitative estimate of drug-likeness (QED) is 0.771. The Hall–Kier alpha value is -1.72. The van der Waals surface area contributed by atoms with Gasteiger partial charge in [-0.25, -0.2) is 0 Å². The number of nitrogens with zero attached hydrogens (tertiary/aromatic N) is 1. The summed E-state index contributed by atoms with van der Waals surface area (Å²) >= 11 is 0. The molecule has 0 aliphatic carbocycles. The van der Waals surface area contributed by atoms with Gasteiger partial charge in [-0.3, -0.25) is 4.99 Å². The lowest BCUT2D eigenvalue weighted by Crippen LogP contribution is -2.17. The van der Waals surface area contributed by atoms with Gasteiger partial charge in [0.25, 0.3) is 0 Å². The van der Waals surface area contributed by atoms with Crippen LogP contribution in [0.4, 0.5) is 13.2 Å². The van der Waals surface area contributed by atoms with E-state index in [1.54, 1.807) is 18.3 Å². The van der Waals surface area contributed by atoms with Crippen molar-refractivity contribution in [3.05, 3.63) is 41.5 Å². The maximum absolute atomic E-state index is 12.0. The molecule has 0 saturated carbocycles. The van der Waals surface area contributed by atoms with Gasteiger partial charge in [0.15, 0.2) is 0 Å². The number of aliphatic imine (C=N–C) groups is 1. The summed E-state index contributed by atoms with van der Waals surface area (Å²) in [5, 5.41) is 0. The first-order valence-electron chi connectivity index (χ1n) is 6.27. The van der Waals surface area contributed by atoms with Gasteiger partial charge in [-0.15, -0.1) is 13.2 Å². The summed E-state index contributed by atoms with van der Waals surface area (Å²) in [5.74, 6) is 0.133. The van der Waals surface area contributed by atoms with Gasteiger partial charge in [-0.1, -0.05) is 18.2 Å². The molecule has 0 saturated heterocycles. The van der Waals surface area contributed by atoms with Crippen molar-refractivity contribution in [3.63, 3.8) is 0 Å². The van der Waals surface area contributed by atoms with Gasteiger partial charge in [0.05, 0.1) is 0 Å². The molecular formula is C14H13BF3NO. The highest BCUT2D eigenvalue weighted by Crippen LogP contribution is 2.24. The standard InChI is InChI=1S/C14H13BF3NO/c15-13-9-11(7-8-19-13)2-1-10-3-5-12(6-4-10)20-14(16,17)18/h3-6,8-9,11H,1-2,7H2. The molecule has 1 aromatic carbocycles. The molecule has 0 spiro atoms. The fraction of sp³-hybridized carbons (Fsp3) is 0.357. The van der Waals surface area contributed by atoms with Crippen molar-refractivity contribution in [1.29, 1.82) is 0 Å². The first-order valence-corrected chi connectivity index (χ1v) is 6.27. The highest BCUT2D eigenvalue weighted by Gasteiger charge is 2.30.